The third-order valence-electron chi connectivity index (χ3n) is 3.32. The molecule has 0 aliphatic carbocycles. The maximum Gasteiger partial charge on any atom is 0.0905 e. The number of rotatable bonds is 2. The molecule has 2 aliphatic rings. The number of nitrogens with one attached hydrogen (secondary N) is 1. The predicted molar refractivity (Wildman–Crippen MR) is 97.0 cm³/mol. The van der Waals surface area contributed by atoms with Crippen molar-refractivity contribution in [1.82, 2.24) is 15.1 Å². The van der Waals surface area contributed by atoms with Gasteiger partial charge in [0.05, 0.1) is 36.6 Å². The topological polar surface area (TPSA) is 89.9 Å². The minimum absolute atomic E-state index is 0. The van der Waals surface area contributed by atoms with E-state index in [9.17, 15) is 0 Å². The van der Waals surface area contributed by atoms with Crippen molar-refractivity contribution in [2.45, 2.75) is 26.7 Å². The van der Waals surface area contributed by atoms with E-state index in [0.29, 0.717) is 18.4 Å². The van der Waals surface area contributed by atoms with Crippen molar-refractivity contribution in [2.24, 2.45) is 0 Å². The van der Waals surface area contributed by atoms with E-state index in [1.165, 1.54) is 32.4 Å². The summed E-state index contributed by atoms with van der Waals surface area (Å²) in [7, 11) is 0. The molecular formula is C16H29BrN6. The van der Waals surface area contributed by atoms with Crippen LogP contribution in [-0.4, -0.2) is 67.5 Å². The molecule has 0 atom stereocenters. The van der Waals surface area contributed by atoms with Gasteiger partial charge in [-0.3, -0.25) is 9.80 Å². The van der Waals surface area contributed by atoms with Crippen LogP contribution in [0.4, 0.5) is 0 Å². The highest BCUT2D eigenvalue weighted by Gasteiger charge is 2.15. The van der Waals surface area contributed by atoms with Gasteiger partial charge in [0.25, 0.3) is 0 Å². The largest absolute Gasteiger partial charge is 0.317 e. The van der Waals surface area contributed by atoms with Crippen LogP contribution in [0.2, 0.25) is 0 Å². The summed E-state index contributed by atoms with van der Waals surface area (Å²) in [6, 6.07) is 6.10. The van der Waals surface area contributed by atoms with Crippen LogP contribution in [0, 0.1) is 34.0 Å². The Balaban J connectivity index is 0. The molecule has 0 aromatic carbocycles. The number of nitriles is 3. The average molecular weight is 385 g/mol. The molecule has 0 aromatic heterocycles. The van der Waals surface area contributed by atoms with Crippen LogP contribution < -0.4 is 5.32 Å². The first-order chi connectivity index (χ1) is 10.8. The Bertz CT molecular complexity index is 334. The smallest absolute Gasteiger partial charge is 0.0905 e. The van der Waals surface area contributed by atoms with E-state index in [0.717, 1.165) is 26.2 Å². The first-order valence-corrected chi connectivity index (χ1v) is 8.72. The maximum absolute atomic E-state index is 8.43. The highest BCUT2D eigenvalue weighted by molar-refractivity contribution is 9.09. The molecule has 7 heteroatoms. The standard InChI is InChI=1S/C8H12N4.C5H11N.C2H2BrN.CH4/c9-1-3-11-5-7-12(4-2-10)8-6-11;1-2-4-6-5-3-1;3-1-2-4;/h3-8H2;6H,1-5H2;1H2;1H4. The van der Waals surface area contributed by atoms with Crippen LogP contribution in [0.15, 0.2) is 0 Å². The first kappa shape index (κ1) is 24.1. The van der Waals surface area contributed by atoms with Gasteiger partial charge >= 0.3 is 0 Å². The number of hydrogen-bond donors (Lipinski definition) is 1. The second kappa shape index (κ2) is 18.9. The highest BCUT2D eigenvalue weighted by atomic mass is 79.9. The number of nitrogens with zero attached hydrogens (tertiary/aromatic N) is 5. The summed E-state index contributed by atoms with van der Waals surface area (Å²) in [5, 5.41) is 28.2. The number of alkyl halides is 1. The van der Waals surface area contributed by atoms with Crippen LogP contribution in [0.25, 0.3) is 0 Å². The summed E-state index contributed by atoms with van der Waals surface area (Å²) >= 11 is 2.89. The summed E-state index contributed by atoms with van der Waals surface area (Å²) in [6.45, 7) is 7.18. The molecule has 0 radical (unpaired) electrons. The first-order valence-electron chi connectivity index (χ1n) is 7.60. The SMILES string of the molecule is C.C1CCNCC1.N#CCBr.N#CCN1CCN(CC#N)CC1. The normalized spacial score (nSPS) is 17.5. The summed E-state index contributed by atoms with van der Waals surface area (Å²) < 4.78 is 0. The lowest BCUT2D eigenvalue weighted by Gasteiger charge is -2.31. The molecule has 0 saturated carbocycles. The Kier molecular flexibility index (Phi) is 19.8. The van der Waals surface area contributed by atoms with Crippen LogP contribution >= 0.6 is 15.9 Å². The molecule has 2 heterocycles. The van der Waals surface area contributed by atoms with Crippen molar-refractivity contribution in [2.75, 3.05) is 57.7 Å². The summed E-state index contributed by atoms with van der Waals surface area (Å²) in [4.78, 5) is 4.21. The molecule has 0 bridgehead atoms. The molecule has 6 nitrogen and oxygen atoms in total. The minimum atomic E-state index is 0. The minimum Gasteiger partial charge on any atom is -0.317 e. The van der Waals surface area contributed by atoms with Gasteiger partial charge in [-0.1, -0.05) is 29.8 Å². The Morgan fingerprint density at radius 1 is 0.783 bits per heavy atom. The fourth-order valence-corrected chi connectivity index (χ4v) is 2.11. The molecular weight excluding hydrogens is 356 g/mol. The van der Waals surface area contributed by atoms with E-state index in [-0.39, 0.29) is 7.43 Å². The molecule has 0 aromatic rings. The van der Waals surface area contributed by atoms with E-state index in [2.05, 4.69) is 43.2 Å². The Morgan fingerprint density at radius 3 is 1.35 bits per heavy atom. The van der Waals surface area contributed by atoms with Crippen molar-refractivity contribution >= 4 is 15.9 Å². The monoisotopic (exact) mass is 384 g/mol. The van der Waals surface area contributed by atoms with E-state index in [1.807, 2.05) is 6.07 Å². The summed E-state index contributed by atoms with van der Waals surface area (Å²) in [6.07, 6.45) is 4.22. The predicted octanol–water partition coefficient (Wildman–Crippen LogP) is 1.95. The number of hydrogen-bond acceptors (Lipinski definition) is 6. The van der Waals surface area contributed by atoms with E-state index in [4.69, 9.17) is 15.8 Å². The van der Waals surface area contributed by atoms with Crippen molar-refractivity contribution in [3.05, 3.63) is 0 Å². The van der Waals surface area contributed by atoms with Gasteiger partial charge in [0.1, 0.15) is 0 Å². The second-order valence-electron chi connectivity index (χ2n) is 4.97. The maximum atomic E-state index is 8.43. The molecule has 2 saturated heterocycles. The third kappa shape index (κ3) is 15.5. The van der Waals surface area contributed by atoms with Crippen LogP contribution in [0.3, 0.4) is 0 Å². The van der Waals surface area contributed by atoms with E-state index >= 15 is 0 Å². The number of halogens is 1. The molecule has 2 rings (SSSR count). The van der Waals surface area contributed by atoms with Gasteiger partial charge in [-0.15, -0.1) is 0 Å². The van der Waals surface area contributed by atoms with Gasteiger partial charge in [0.2, 0.25) is 0 Å². The van der Waals surface area contributed by atoms with Crippen LogP contribution in [0.5, 0.6) is 0 Å². The second-order valence-corrected chi connectivity index (χ2v) is 5.53. The zero-order valence-corrected chi connectivity index (χ0v) is 14.7. The molecule has 23 heavy (non-hydrogen) atoms. The van der Waals surface area contributed by atoms with Gasteiger partial charge in [-0.25, -0.2) is 0 Å². The lowest BCUT2D eigenvalue weighted by atomic mass is 10.2. The highest BCUT2D eigenvalue weighted by Crippen LogP contribution is 1.99. The van der Waals surface area contributed by atoms with Gasteiger partial charge in [-0.05, 0) is 25.9 Å². The molecule has 0 spiro atoms. The quantitative estimate of drug-likeness (QED) is 0.577. The zero-order chi connectivity index (χ0) is 16.5. The molecule has 2 fully saturated rings. The Hall–Kier alpha value is -1.17. The molecule has 0 unspecified atom stereocenters. The molecule has 1 N–H and O–H groups in total. The molecule has 0 amide bonds. The van der Waals surface area contributed by atoms with Crippen molar-refractivity contribution in [1.29, 1.82) is 15.8 Å². The Morgan fingerprint density at radius 2 is 1.17 bits per heavy atom. The van der Waals surface area contributed by atoms with E-state index < -0.39 is 0 Å². The lowest BCUT2D eigenvalue weighted by Crippen LogP contribution is -2.46. The van der Waals surface area contributed by atoms with Crippen LogP contribution in [-0.2, 0) is 0 Å². The third-order valence-corrected chi connectivity index (χ3v) is 3.57. The fourth-order valence-electron chi connectivity index (χ4n) is 2.11. The molecule has 130 valence electrons. The fraction of sp³-hybridized carbons (Fsp3) is 0.812. The lowest BCUT2D eigenvalue weighted by molar-refractivity contribution is 0.156. The number of piperidine rings is 1. The van der Waals surface area contributed by atoms with E-state index in [1.54, 1.807) is 0 Å². The summed E-state index contributed by atoms with van der Waals surface area (Å²) in [5.74, 6) is 0. The van der Waals surface area contributed by atoms with Gasteiger partial charge in [0.15, 0.2) is 0 Å². The van der Waals surface area contributed by atoms with Gasteiger partial charge in [-0.2, -0.15) is 15.8 Å². The molecule has 2 aliphatic heterocycles. The number of piperazine rings is 1. The van der Waals surface area contributed by atoms with Crippen molar-refractivity contribution in [3.8, 4) is 18.2 Å². The van der Waals surface area contributed by atoms with Gasteiger partial charge < -0.3 is 5.32 Å². The summed E-state index contributed by atoms with van der Waals surface area (Å²) in [5.41, 5.74) is 0. The van der Waals surface area contributed by atoms with Crippen molar-refractivity contribution < 1.29 is 0 Å². The van der Waals surface area contributed by atoms with Crippen molar-refractivity contribution in [3.63, 3.8) is 0 Å². The average Bonchev–Trinajstić information content (AvgIpc) is 2.59. The van der Waals surface area contributed by atoms with Crippen LogP contribution in [0.1, 0.15) is 26.7 Å². The zero-order valence-electron chi connectivity index (χ0n) is 13.1. The van der Waals surface area contributed by atoms with Gasteiger partial charge in [0, 0.05) is 26.2 Å². The Labute approximate surface area is 149 Å².